The Morgan fingerprint density at radius 3 is 2.70 bits per heavy atom. The van der Waals surface area contributed by atoms with Crippen molar-refractivity contribution >= 4 is 17.1 Å². The summed E-state index contributed by atoms with van der Waals surface area (Å²) in [4.78, 5) is 17.0. The molecule has 1 aromatic heterocycles. The first-order chi connectivity index (χ1) is 12.8. The monoisotopic (exact) mass is 374 g/mol. The summed E-state index contributed by atoms with van der Waals surface area (Å²) in [6, 6.07) is 4.33. The minimum absolute atomic E-state index is 0.226. The Balaban J connectivity index is 1.39. The van der Waals surface area contributed by atoms with Crippen LogP contribution in [0.5, 0.6) is 0 Å². The molecule has 0 N–H and O–H groups in total. The molecular formula is C19H26N4O4. The zero-order valence-electron chi connectivity index (χ0n) is 16.1. The van der Waals surface area contributed by atoms with Gasteiger partial charge in [0.1, 0.15) is 5.60 Å². The molecule has 2 heterocycles. The molecule has 4 rings (SSSR count). The lowest BCUT2D eigenvalue weighted by molar-refractivity contribution is -0.782. The second-order valence-electron chi connectivity index (χ2n) is 8.44. The molecule has 1 atom stereocenters. The van der Waals surface area contributed by atoms with Gasteiger partial charge in [-0.05, 0) is 68.2 Å². The van der Waals surface area contributed by atoms with Crippen LogP contribution in [0.25, 0.3) is 11.0 Å². The maximum atomic E-state index is 12.2. The van der Waals surface area contributed by atoms with Crippen molar-refractivity contribution in [3.8, 4) is 0 Å². The summed E-state index contributed by atoms with van der Waals surface area (Å²) in [5.74, 6) is 0. The summed E-state index contributed by atoms with van der Waals surface area (Å²) in [7, 11) is 0. The first-order valence-corrected chi connectivity index (χ1v) is 9.53. The van der Waals surface area contributed by atoms with E-state index < -0.39 is 5.60 Å². The third-order valence-corrected chi connectivity index (χ3v) is 5.39. The van der Waals surface area contributed by atoms with Crippen LogP contribution in [0.2, 0.25) is 0 Å². The molecule has 0 bridgehead atoms. The Morgan fingerprint density at radius 1 is 1.26 bits per heavy atom. The van der Waals surface area contributed by atoms with Crippen LogP contribution in [0, 0.1) is 5.21 Å². The largest absolute Gasteiger partial charge is 0.444 e. The van der Waals surface area contributed by atoms with E-state index in [9.17, 15) is 10.0 Å². The van der Waals surface area contributed by atoms with E-state index in [0.717, 1.165) is 32.4 Å². The van der Waals surface area contributed by atoms with E-state index >= 15 is 0 Å². The second-order valence-corrected chi connectivity index (χ2v) is 8.44. The van der Waals surface area contributed by atoms with Crippen molar-refractivity contribution in [2.24, 2.45) is 0 Å². The highest BCUT2D eigenvalue weighted by Crippen LogP contribution is 2.28. The van der Waals surface area contributed by atoms with Gasteiger partial charge in [0.25, 0.3) is 0 Å². The molecule has 1 amide bonds. The van der Waals surface area contributed by atoms with Crippen molar-refractivity contribution in [3.63, 3.8) is 0 Å². The number of fused-ring (bicyclic) bond motifs is 2. The molecule has 2 aromatic rings. The number of carbonyl (C=O) groups excluding carboxylic acids is 1. The number of rotatable bonds is 1. The Kier molecular flexibility index (Phi) is 4.46. The number of nitrogens with zero attached hydrogens (tertiary/aromatic N) is 4. The Morgan fingerprint density at radius 2 is 2.00 bits per heavy atom. The van der Waals surface area contributed by atoms with Crippen molar-refractivity contribution in [2.75, 3.05) is 26.2 Å². The van der Waals surface area contributed by atoms with Crippen molar-refractivity contribution in [3.05, 3.63) is 28.5 Å². The summed E-state index contributed by atoms with van der Waals surface area (Å²) >= 11 is 0. The molecule has 2 aliphatic rings. The van der Waals surface area contributed by atoms with Crippen LogP contribution in [0.3, 0.4) is 0 Å². The average molecular weight is 374 g/mol. The Labute approximate surface area is 158 Å². The van der Waals surface area contributed by atoms with Crippen molar-refractivity contribution < 1.29 is 19.1 Å². The topological polar surface area (TPSA) is 85.8 Å². The van der Waals surface area contributed by atoms with Crippen LogP contribution in [0.4, 0.5) is 4.79 Å². The maximum absolute atomic E-state index is 12.2. The van der Waals surface area contributed by atoms with E-state index in [4.69, 9.17) is 9.37 Å². The summed E-state index contributed by atoms with van der Waals surface area (Å²) < 4.78 is 10.2. The van der Waals surface area contributed by atoms with E-state index in [-0.39, 0.29) is 6.09 Å². The van der Waals surface area contributed by atoms with Gasteiger partial charge in [0.2, 0.25) is 11.0 Å². The van der Waals surface area contributed by atoms with Crippen molar-refractivity contribution in [1.82, 2.24) is 15.0 Å². The fraction of sp³-hybridized carbons (Fsp3) is 0.632. The molecule has 0 radical (unpaired) electrons. The van der Waals surface area contributed by atoms with Gasteiger partial charge in [0, 0.05) is 37.4 Å². The highest BCUT2D eigenvalue weighted by Gasteiger charge is 2.31. The average Bonchev–Trinajstić information content (AvgIpc) is 2.98. The first-order valence-electron chi connectivity index (χ1n) is 9.53. The molecule has 1 aromatic carbocycles. The molecule has 1 aliphatic heterocycles. The quantitative estimate of drug-likeness (QED) is 0.709. The SMILES string of the molecule is CC(C)(C)OC(=O)N1CCN(C2CCc3cc4c(cc3C2)no[n+]4[O-])CC1. The van der Waals surface area contributed by atoms with E-state index in [0.29, 0.717) is 35.1 Å². The van der Waals surface area contributed by atoms with E-state index in [1.807, 2.05) is 32.9 Å². The minimum atomic E-state index is -0.462. The van der Waals surface area contributed by atoms with Gasteiger partial charge in [-0.3, -0.25) is 9.53 Å². The van der Waals surface area contributed by atoms with Crippen LogP contribution < -0.4 is 4.90 Å². The number of carbonyl (C=O) groups is 1. The van der Waals surface area contributed by atoms with Gasteiger partial charge in [-0.2, -0.15) is 0 Å². The van der Waals surface area contributed by atoms with Crippen LogP contribution in [-0.4, -0.2) is 58.9 Å². The van der Waals surface area contributed by atoms with Gasteiger partial charge in [-0.1, -0.05) is 0 Å². The summed E-state index contributed by atoms with van der Waals surface area (Å²) in [5, 5.41) is 15.4. The van der Waals surface area contributed by atoms with Crippen molar-refractivity contribution in [1.29, 1.82) is 0 Å². The third kappa shape index (κ3) is 3.71. The lowest BCUT2D eigenvalue weighted by atomic mass is 9.87. The van der Waals surface area contributed by atoms with Gasteiger partial charge >= 0.3 is 6.09 Å². The van der Waals surface area contributed by atoms with Gasteiger partial charge in [0.05, 0.1) is 0 Å². The fourth-order valence-electron chi connectivity index (χ4n) is 4.02. The Hall–Kier alpha value is -2.35. The molecule has 146 valence electrons. The minimum Gasteiger partial charge on any atom is -0.444 e. The van der Waals surface area contributed by atoms with E-state index in [1.54, 1.807) is 4.90 Å². The second kappa shape index (κ2) is 6.67. The standard InChI is InChI=1S/C19H26N4O4/c1-19(2,3)26-18(24)22-8-6-21(7-9-22)15-5-4-13-12-17-16(11-14(13)10-15)20-27-23(17)25/h11-12,15H,4-10H2,1-3H3. The third-order valence-electron chi connectivity index (χ3n) is 5.39. The smallest absolute Gasteiger partial charge is 0.410 e. The maximum Gasteiger partial charge on any atom is 0.410 e. The highest BCUT2D eigenvalue weighted by atomic mass is 16.8. The van der Waals surface area contributed by atoms with Gasteiger partial charge < -0.3 is 14.8 Å². The summed E-state index contributed by atoms with van der Waals surface area (Å²) in [5.41, 5.74) is 3.09. The predicted octanol–water partition coefficient (Wildman–Crippen LogP) is 1.87. The highest BCUT2D eigenvalue weighted by molar-refractivity contribution is 5.73. The van der Waals surface area contributed by atoms with Crippen LogP contribution in [0.1, 0.15) is 38.3 Å². The van der Waals surface area contributed by atoms with Crippen LogP contribution in [0.15, 0.2) is 16.8 Å². The molecule has 8 heteroatoms. The molecule has 1 saturated heterocycles. The zero-order valence-corrected chi connectivity index (χ0v) is 16.1. The first kappa shape index (κ1) is 18.0. The molecule has 1 fully saturated rings. The van der Waals surface area contributed by atoms with Gasteiger partial charge in [-0.25, -0.2) is 4.79 Å². The molecule has 1 unspecified atom stereocenters. The molecular weight excluding hydrogens is 348 g/mol. The molecule has 1 aliphatic carbocycles. The Bertz CT molecular complexity index is 849. The fourth-order valence-corrected chi connectivity index (χ4v) is 4.02. The lowest BCUT2D eigenvalue weighted by Crippen LogP contribution is -2.53. The number of aromatic nitrogens is 2. The lowest BCUT2D eigenvalue weighted by Gasteiger charge is -2.41. The van der Waals surface area contributed by atoms with Gasteiger partial charge in [0.15, 0.2) is 0 Å². The normalized spacial score (nSPS) is 21.3. The summed E-state index contributed by atoms with van der Waals surface area (Å²) in [6.45, 7) is 8.76. The number of amides is 1. The van der Waals surface area contributed by atoms with Crippen LogP contribution in [-0.2, 0) is 17.6 Å². The van der Waals surface area contributed by atoms with E-state index in [2.05, 4.69) is 10.1 Å². The van der Waals surface area contributed by atoms with Crippen molar-refractivity contribution in [2.45, 2.75) is 51.7 Å². The summed E-state index contributed by atoms with van der Waals surface area (Å²) in [6.07, 6.45) is 2.70. The molecule has 27 heavy (non-hydrogen) atoms. The molecule has 0 spiro atoms. The number of benzene rings is 1. The number of piperazine rings is 1. The molecule has 0 saturated carbocycles. The van der Waals surface area contributed by atoms with Gasteiger partial charge in [-0.15, -0.1) is 0 Å². The predicted molar refractivity (Wildman–Crippen MR) is 98.2 cm³/mol. The van der Waals surface area contributed by atoms with E-state index in [1.165, 1.54) is 11.1 Å². The number of aryl methyl sites for hydroxylation is 1. The number of ether oxygens (including phenoxy) is 1. The zero-order chi connectivity index (χ0) is 19.2. The molecule has 8 nitrogen and oxygen atoms in total. The number of hydrogen-bond donors (Lipinski definition) is 0. The number of hydrogen-bond acceptors (Lipinski definition) is 6. The van der Waals surface area contributed by atoms with Crippen LogP contribution >= 0.6 is 0 Å².